The number of ether oxygens (including phenoxy) is 1. The van der Waals surface area contributed by atoms with Gasteiger partial charge >= 0.3 is 0 Å². The van der Waals surface area contributed by atoms with E-state index in [0.717, 1.165) is 29.3 Å². The molecule has 0 unspecified atom stereocenters. The molecular weight excluding hydrogens is 332 g/mol. The highest BCUT2D eigenvalue weighted by atomic mass is 79.9. The van der Waals surface area contributed by atoms with Crippen molar-refractivity contribution in [1.82, 2.24) is 4.90 Å². The number of morpholine rings is 1. The van der Waals surface area contributed by atoms with E-state index in [4.69, 9.17) is 10.5 Å². The molecule has 21 heavy (non-hydrogen) atoms. The van der Waals surface area contributed by atoms with Crippen molar-refractivity contribution in [2.75, 3.05) is 19.7 Å². The van der Waals surface area contributed by atoms with E-state index in [1.54, 1.807) is 0 Å². The van der Waals surface area contributed by atoms with Gasteiger partial charge < -0.3 is 15.4 Å². The number of nitrogens with zero attached hydrogens (tertiary/aromatic N) is 1. The molecule has 0 aromatic heterocycles. The van der Waals surface area contributed by atoms with Gasteiger partial charge in [-0.25, -0.2) is 0 Å². The Morgan fingerprint density at radius 1 is 1.29 bits per heavy atom. The predicted molar refractivity (Wildman–Crippen MR) is 84.7 cm³/mol. The molecule has 2 aliphatic rings. The van der Waals surface area contributed by atoms with Gasteiger partial charge in [-0.15, -0.1) is 0 Å². The van der Waals surface area contributed by atoms with Crippen LogP contribution in [0.5, 0.6) is 0 Å². The number of carbonyl (C=O) groups excluding carboxylic acids is 1. The second-order valence-electron chi connectivity index (χ2n) is 5.97. The van der Waals surface area contributed by atoms with Crippen molar-refractivity contribution in [3.05, 3.63) is 34.3 Å². The number of rotatable bonds is 2. The summed E-state index contributed by atoms with van der Waals surface area (Å²) in [5.74, 6) is 0.372. The molecule has 1 amide bonds. The van der Waals surface area contributed by atoms with Crippen LogP contribution in [-0.2, 0) is 9.53 Å². The smallest absolute Gasteiger partial charge is 0.225 e. The Balaban J connectivity index is 1.65. The second-order valence-corrected chi connectivity index (χ2v) is 6.88. The lowest BCUT2D eigenvalue weighted by molar-refractivity contribution is -0.143. The largest absolute Gasteiger partial charge is 0.370 e. The van der Waals surface area contributed by atoms with Crippen molar-refractivity contribution >= 4 is 21.8 Å². The Morgan fingerprint density at radius 3 is 2.71 bits per heavy atom. The number of hydrogen-bond donors (Lipinski definition) is 1. The molecule has 1 aromatic carbocycles. The molecule has 1 aliphatic heterocycles. The maximum Gasteiger partial charge on any atom is 0.225 e. The highest BCUT2D eigenvalue weighted by Gasteiger charge is 2.33. The van der Waals surface area contributed by atoms with Gasteiger partial charge in [0.2, 0.25) is 5.91 Å². The number of nitrogens with two attached hydrogens (primary N) is 1. The van der Waals surface area contributed by atoms with Crippen LogP contribution in [0.1, 0.15) is 30.9 Å². The van der Waals surface area contributed by atoms with Crippen LogP contribution >= 0.6 is 15.9 Å². The molecule has 4 nitrogen and oxygen atoms in total. The number of halogens is 1. The summed E-state index contributed by atoms with van der Waals surface area (Å²) < 4.78 is 6.89. The summed E-state index contributed by atoms with van der Waals surface area (Å²) >= 11 is 3.44. The monoisotopic (exact) mass is 352 g/mol. The standard InChI is InChI=1S/C16H21BrN2O2/c17-13-4-1-11(2-5-13)15-10-19(7-8-21-15)16(20)12-3-6-14(18)9-12/h1-2,4-5,12,14-15H,3,6-10,18H2/t12-,14+,15-/m0/s1. The van der Waals surface area contributed by atoms with Crippen molar-refractivity contribution in [3.8, 4) is 0 Å². The van der Waals surface area contributed by atoms with Gasteiger partial charge in [-0.05, 0) is 37.0 Å². The third kappa shape index (κ3) is 3.47. The van der Waals surface area contributed by atoms with Crippen molar-refractivity contribution < 1.29 is 9.53 Å². The first-order chi connectivity index (χ1) is 10.1. The number of amides is 1. The van der Waals surface area contributed by atoms with Crippen LogP contribution in [0.25, 0.3) is 0 Å². The van der Waals surface area contributed by atoms with Crippen LogP contribution in [0, 0.1) is 5.92 Å². The highest BCUT2D eigenvalue weighted by molar-refractivity contribution is 9.10. The first-order valence-electron chi connectivity index (χ1n) is 7.55. The Hall–Kier alpha value is -0.910. The van der Waals surface area contributed by atoms with Crippen LogP contribution in [-0.4, -0.2) is 36.5 Å². The molecule has 1 saturated heterocycles. The fourth-order valence-corrected chi connectivity index (χ4v) is 3.49. The van der Waals surface area contributed by atoms with Crippen LogP contribution < -0.4 is 5.73 Å². The molecule has 0 bridgehead atoms. The average Bonchev–Trinajstić information content (AvgIpc) is 2.94. The molecule has 1 aromatic rings. The zero-order chi connectivity index (χ0) is 14.8. The molecule has 0 spiro atoms. The zero-order valence-electron chi connectivity index (χ0n) is 12.0. The number of carbonyl (C=O) groups is 1. The van der Waals surface area contributed by atoms with Crippen molar-refractivity contribution in [3.63, 3.8) is 0 Å². The van der Waals surface area contributed by atoms with Crippen molar-refractivity contribution in [1.29, 1.82) is 0 Å². The Kier molecular flexibility index (Phi) is 4.62. The molecule has 114 valence electrons. The number of benzene rings is 1. The summed E-state index contributed by atoms with van der Waals surface area (Å²) in [5, 5.41) is 0. The minimum absolute atomic E-state index is 0.0223. The predicted octanol–water partition coefficient (Wildman–Crippen LogP) is 2.48. The summed E-state index contributed by atoms with van der Waals surface area (Å²) in [7, 11) is 0. The maximum atomic E-state index is 12.6. The first-order valence-corrected chi connectivity index (χ1v) is 8.34. The molecule has 1 saturated carbocycles. The minimum atomic E-state index is -0.0223. The van der Waals surface area contributed by atoms with Gasteiger partial charge in [0.1, 0.15) is 6.10 Å². The van der Waals surface area contributed by atoms with Crippen LogP contribution in [0.3, 0.4) is 0 Å². The van der Waals surface area contributed by atoms with E-state index in [1.165, 1.54) is 0 Å². The Labute approximate surface area is 133 Å². The van der Waals surface area contributed by atoms with E-state index >= 15 is 0 Å². The summed E-state index contributed by atoms with van der Waals surface area (Å²) in [4.78, 5) is 14.5. The highest BCUT2D eigenvalue weighted by Crippen LogP contribution is 2.29. The van der Waals surface area contributed by atoms with E-state index in [0.29, 0.717) is 19.7 Å². The lowest BCUT2D eigenvalue weighted by Crippen LogP contribution is -2.44. The summed E-state index contributed by atoms with van der Waals surface area (Å²) in [5.41, 5.74) is 7.05. The minimum Gasteiger partial charge on any atom is -0.370 e. The molecule has 1 heterocycles. The van der Waals surface area contributed by atoms with Crippen molar-refractivity contribution in [2.45, 2.75) is 31.4 Å². The number of hydrogen-bond acceptors (Lipinski definition) is 3. The summed E-state index contributed by atoms with van der Waals surface area (Å²) in [6, 6.07) is 8.31. The SMILES string of the molecule is N[C@@H]1CC[C@H](C(=O)N2CCO[C@H](c3ccc(Br)cc3)C2)C1. The Bertz CT molecular complexity index is 506. The molecular formula is C16H21BrN2O2. The molecule has 0 radical (unpaired) electrons. The third-order valence-electron chi connectivity index (χ3n) is 4.44. The molecule has 5 heteroatoms. The maximum absolute atomic E-state index is 12.6. The third-order valence-corrected chi connectivity index (χ3v) is 4.97. The van der Waals surface area contributed by atoms with Crippen molar-refractivity contribution in [2.24, 2.45) is 11.7 Å². The molecule has 3 atom stereocenters. The summed E-state index contributed by atoms with van der Waals surface area (Å²) in [6.07, 6.45) is 2.71. The first kappa shape index (κ1) is 15.0. The normalized spacial score (nSPS) is 29.6. The fourth-order valence-electron chi connectivity index (χ4n) is 3.23. The lowest BCUT2D eigenvalue weighted by atomic mass is 10.0. The fraction of sp³-hybridized carbons (Fsp3) is 0.562. The molecule has 1 aliphatic carbocycles. The van der Waals surface area contributed by atoms with Gasteiger partial charge in [0.25, 0.3) is 0 Å². The Morgan fingerprint density at radius 2 is 2.05 bits per heavy atom. The van der Waals surface area contributed by atoms with Gasteiger partial charge in [0.05, 0.1) is 13.2 Å². The second kappa shape index (κ2) is 6.46. The zero-order valence-corrected chi connectivity index (χ0v) is 13.6. The van der Waals surface area contributed by atoms with Crippen LogP contribution in [0.15, 0.2) is 28.7 Å². The van der Waals surface area contributed by atoms with E-state index in [9.17, 15) is 4.79 Å². The molecule has 2 fully saturated rings. The van der Waals surface area contributed by atoms with Crippen LogP contribution in [0.4, 0.5) is 0 Å². The average molecular weight is 353 g/mol. The van der Waals surface area contributed by atoms with Gasteiger partial charge in [0, 0.05) is 23.0 Å². The topological polar surface area (TPSA) is 55.6 Å². The van der Waals surface area contributed by atoms with E-state index < -0.39 is 0 Å². The van der Waals surface area contributed by atoms with Gasteiger partial charge in [0.15, 0.2) is 0 Å². The van der Waals surface area contributed by atoms with Gasteiger partial charge in [-0.2, -0.15) is 0 Å². The van der Waals surface area contributed by atoms with Gasteiger partial charge in [-0.3, -0.25) is 4.79 Å². The quantitative estimate of drug-likeness (QED) is 0.889. The van der Waals surface area contributed by atoms with E-state index in [1.807, 2.05) is 29.2 Å². The molecule has 2 N–H and O–H groups in total. The van der Waals surface area contributed by atoms with Crippen LogP contribution in [0.2, 0.25) is 0 Å². The summed E-state index contributed by atoms with van der Waals surface area (Å²) in [6.45, 7) is 1.94. The van der Waals surface area contributed by atoms with E-state index in [2.05, 4.69) is 15.9 Å². The van der Waals surface area contributed by atoms with E-state index in [-0.39, 0.29) is 24.0 Å². The van der Waals surface area contributed by atoms with Gasteiger partial charge in [-0.1, -0.05) is 28.1 Å². The lowest BCUT2D eigenvalue weighted by Gasteiger charge is -2.34. The molecule has 3 rings (SSSR count).